The Labute approximate surface area is 206 Å². The van der Waals surface area contributed by atoms with Gasteiger partial charge < -0.3 is 5.32 Å². The van der Waals surface area contributed by atoms with Gasteiger partial charge in [0.25, 0.3) is 0 Å². The van der Waals surface area contributed by atoms with Crippen LogP contribution in [0.3, 0.4) is 0 Å². The number of anilines is 1. The molecule has 1 aliphatic carbocycles. The molecule has 1 spiro atoms. The highest BCUT2D eigenvalue weighted by Gasteiger charge is 2.70. The molecule has 0 bridgehead atoms. The Balaban J connectivity index is 1.47. The third kappa shape index (κ3) is 3.22. The van der Waals surface area contributed by atoms with Gasteiger partial charge in [-0.15, -0.1) is 0 Å². The van der Waals surface area contributed by atoms with Crippen LogP contribution in [0, 0.1) is 25.7 Å². The van der Waals surface area contributed by atoms with Gasteiger partial charge in [0.05, 0.1) is 11.8 Å². The molecular weight excluding hydrogens is 438 g/mol. The van der Waals surface area contributed by atoms with E-state index in [-0.39, 0.29) is 29.8 Å². The largest absolute Gasteiger partial charge is 0.324 e. The van der Waals surface area contributed by atoms with Gasteiger partial charge in [-0.3, -0.25) is 24.6 Å². The Morgan fingerprint density at radius 3 is 2.34 bits per heavy atom. The summed E-state index contributed by atoms with van der Waals surface area (Å²) >= 11 is 0. The van der Waals surface area contributed by atoms with Crippen molar-refractivity contribution >= 4 is 23.4 Å². The lowest BCUT2D eigenvalue weighted by Gasteiger charge is -2.32. The minimum atomic E-state index is -1.22. The number of hydrogen-bond acceptors (Lipinski definition) is 4. The lowest BCUT2D eigenvalue weighted by Crippen LogP contribution is -2.54. The zero-order valence-corrected chi connectivity index (χ0v) is 20.5. The zero-order chi connectivity index (χ0) is 24.3. The average Bonchev–Trinajstić information content (AvgIpc) is 3.31. The molecule has 0 aromatic heterocycles. The van der Waals surface area contributed by atoms with Gasteiger partial charge in [-0.05, 0) is 49.8 Å². The van der Waals surface area contributed by atoms with Crippen LogP contribution in [0.2, 0.25) is 0 Å². The first-order valence-electron chi connectivity index (χ1n) is 13.0. The quantitative estimate of drug-likeness (QED) is 0.524. The molecule has 3 aliphatic heterocycles. The fraction of sp³-hybridized carbons (Fsp3) is 0.483. The SMILES string of the molecule is Cc1ccc2c(c1C)NC(=O)[C@@]21N[C@H](Cc2ccccc2)[C@H]2C(=O)N(C3CCCCCC3)C(=O)[C@@H]21. The van der Waals surface area contributed by atoms with Crippen LogP contribution < -0.4 is 10.6 Å². The van der Waals surface area contributed by atoms with Gasteiger partial charge in [-0.25, -0.2) is 0 Å². The van der Waals surface area contributed by atoms with Gasteiger partial charge in [-0.2, -0.15) is 0 Å². The smallest absolute Gasteiger partial charge is 0.250 e. The van der Waals surface area contributed by atoms with E-state index in [1.807, 2.05) is 56.3 Å². The summed E-state index contributed by atoms with van der Waals surface area (Å²) in [6.07, 6.45) is 6.69. The molecular formula is C29H33N3O3. The first-order valence-corrected chi connectivity index (χ1v) is 13.0. The van der Waals surface area contributed by atoms with Crippen molar-refractivity contribution in [1.82, 2.24) is 10.2 Å². The maximum Gasteiger partial charge on any atom is 0.250 e. The molecule has 2 saturated heterocycles. The summed E-state index contributed by atoms with van der Waals surface area (Å²) in [5, 5.41) is 6.68. The highest BCUT2D eigenvalue weighted by atomic mass is 16.2. The molecule has 3 heterocycles. The summed E-state index contributed by atoms with van der Waals surface area (Å²) in [6, 6.07) is 13.7. The van der Waals surface area contributed by atoms with Crippen LogP contribution in [-0.4, -0.2) is 34.7 Å². The number of amides is 3. The van der Waals surface area contributed by atoms with Crippen LogP contribution in [-0.2, 0) is 26.3 Å². The van der Waals surface area contributed by atoms with E-state index in [1.165, 1.54) is 0 Å². The molecule has 0 unspecified atom stereocenters. The standard InChI is InChI=1S/C29H33N3O3/c1-17-14-15-21-25(18(17)2)30-28(35)29(21)24-23(22(31-29)16-19-10-6-5-7-11-19)26(33)32(27(24)34)20-12-8-3-4-9-13-20/h5-7,10-11,14-15,20,22-24,31H,3-4,8-9,12-13,16H2,1-2H3,(H,30,35)/t22-,23-,24-,29-/m1/s1. The monoisotopic (exact) mass is 471 g/mol. The summed E-state index contributed by atoms with van der Waals surface area (Å²) in [6.45, 7) is 4.02. The first-order chi connectivity index (χ1) is 16.9. The molecule has 35 heavy (non-hydrogen) atoms. The van der Waals surface area contributed by atoms with Crippen molar-refractivity contribution in [2.75, 3.05) is 5.32 Å². The van der Waals surface area contributed by atoms with Crippen LogP contribution in [0.1, 0.15) is 60.8 Å². The third-order valence-corrected chi connectivity index (χ3v) is 8.94. The molecule has 2 aromatic rings. The minimum absolute atomic E-state index is 0.0544. The lowest BCUT2D eigenvalue weighted by molar-refractivity contribution is -0.145. The summed E-state index contributed by atoms with van der Waals surface area (Å²) in [4.78, 5) is 43.6. The van der Waals surface area contributed by atoms with Gasteiger partial charge in [0.2, 0.25) is 17.7 Å². The molecule has 4 atom stereocenters. The van der Waals surface area contributed by atoms with E-state index in [2.05, 4.69) is 10.6 Å². The number of benzene rings is 2. The van der Waals surface area contributed by atoms with E-state index in [0.717, 1.165) is 66.5 Å². The highest BCUT2D eigenvalue weighted by Crippen LogP contribution is 2.54. The van der Waals surface area contributed by atoms with Crippen molar-refractivity contribution in [3.63, 3.8) is 0 Å². The fourth-order valence-electron chi connectivity index (χ4n) is 7.06. The number of rotatable bonds is 3. The Bertz CT molecular complexity index is 1200. The van der Waals surface area contributed by atoms with Crippen LogP contribution >= 0.6 is 0 Å². The van der Waals surface area contributed by atoms with Crippen LogP contribution in [0.25, 0.3) is 0 Å². The van der Waals surface area contributed by atoms with E-state index in [0.29, 0.717) is 6.42 Å². The molecule has 0 radical (unpaired) electrons. The van der Waals surface area contributed by atoms with E-state index in [9.17, 15) is 14.4 Å². The molecule has 182 valence electrons. The second-order valence-electron chi connectivity index (χ2n) is 10.8. The van der Waals surface area contributed by atoms with Crippen molar-refractivity contribution in [1.29, 1.82) is 0 Å². The Kier molecular flexibility index (Phi) is 5.33. The minimum Gasteiger partial charge on any atom is -0.324 e. The van der Waals surface area contributed by atoms with Gasteiger partial charge in [-0.1, -0.05) is 68.1 Å². The Morgan fingerprint density at radius 2 is 1.63 bits per heavy atom. The number of imide groups is 1. The molecule has 3 amide bonds. The van der Waals surface area contributed by atoms with Crippen molar-refractivity contribution in [2.45, 2.75) is 76.4 Å². The first kappa shape index (κ1) is 22.5. The topological polar surface area (TPSA) is 78.5 Å². The van der Waals surface area contributed by atoms with Crippen LogP contribution in [0.4, 0.5) is 5.69 Å². The van der Waals surface area contributed by atoms with Crippen molar-refractivity contribution in [2.24, 2.45) is 11.8 Å². The fourth-order valence-corrected chi connectivity index (χ4v) is 7.06. The Hall–Kier alpha value is -2.99. The normalized spacial score (nSPS) is 30.5. The highest BCUT2D eigenvalue weighted by molar-refractivity contribution is 6.15. The molecule has 3 fully saturated rings. The number of likely N-dealkylation sites (tertiary alicyclic amines) is 1. The molecule has 1 saturated carbocycles. The van der Waals surface area contributed by atoms with Crippen molar-refractivity contribution in [3.8, 4) is 0 Å². The molecule has 6 nitrogen and oxygen atoms in total. The van der Waals surface area contributed by atoms with Crippen LogP contribution in [0.5, 0.6) is 0 Å². The number of hydrogen-bond donors (Lipinski definition) is 2. The van der Waals surface area contributed by atoms with Gasteiger partial charge in [0, 0.05) is 23.3 Å². The molecule has 6 heteroatoms. The lowest BCUT2D eigenvalue weighted by atomic mass is 9.75. The predicted octanol–water partition coefficient (Wildman–Crippen LogP) is 3.99. The van der Waals surface area contributed by atoms with Gasteiger partial charge in [0.15, 0.2) is 0 Å². The maximum atomic E-state index is 14.2. The van der Waals surface area contributed by atoms with Gasteiger partial charge in [0.1, 0.15) is 5.54 Å². The van der Waals surface area contributed by atoms with Crippen molar-refractivity contribution < 1.29 is 14.4 Å². The predicted molar refractivity (Wildman–Crippen MR) is 134 cm³/mol. The average molecular weight is 472 g/mol. The van der Waals surface area contributed by atoms with Gasteiger partial charge >= 0.3 is 0 Å². The number of aryl methyl sites for hydroxylation is 1. The second-order valence-corrected chi connectivity index (χ2v) is 10.8. The number of nitrogens with one attached hydrogen (secondary N) is 2. The maximum absolute atomic E-state index is 14.2. The molecule has 6 rings (SSSR count). The van der Waals surface area contributed by atoms with Crippen LogP contribution in [0.15, 0.2) is 42.5 Å². The number of fused-ring (bicyclic) bond motifs is 4. The third-order valence-electron chi connectivity index (χ3n) is 8.94. The molecule has 4 aliphatic rings. The Morgan fingerprint density at radius 1 is 0.914 bits per heavy atom. The molecule has 2 aromatic carbocycles. The summed E-state index contributed by atoms with van der Waals surface area (Å²) in [5.41, 5.74) is 3.56. The molecule has 2 N–H and O–H groups in total. The summed E-state index contributed by atoms with van der Waals surface area (Å²) in [5.74, 6) is -1.76. The number of carbonyl (C=O) groups is 3. The summed E-state index contributed by atoms with van der Waals surface area (Å²) in [7, 11) is 0. The second kappa shape index (κ2) is 8.30. The van der Waals surface area contributed by atoms with E-state index in [4.69, 9.17) is 0 Å². The zero-order valence-electron chi connectivity index (χ0n) is 20.5. The van der Waals surface area contributed by atoms with E-state index in [1.54, 1.807) is 4.90 Å². The van der Waals surface area contributed by atoms with Crippen molar-refractivity contribution in [3.05, 3.63) is 64.7 Å². The summed E-state index contributed by atoms with van der Waals surface area (Å²) < 4.78 is 0. The number of nitrogens with zero attached hydrogens (tertiary/aromatic N) is 1. The van der Waals surface area contributed by atoms with E-state index >= 15 is 0 Å². The number of carbonyl (C=O) groups excluding carboxylic acids is 3. The van der Waals surface area contributed by atoms with E-state index < -0.39 is 17.4 Å².